The molecule has 0 saturated carbocycles. The minimum absolute atomic E-state index is 0.184. The van der Waals surface area contributed by atoms with E-state index < -0.39 is 6.04 Å². The summed E-state index contributed by atoms with van der Waals surface area (Å²) in [6.07, 6.45) is 3.39. The van der Waals surface area contributed by atoms with E-state index in [1.165, 1.54) is 0 Å². The minimum atomic E-state index is -0.833. The predicted octanol–water partition coefficient (Wildman–Crippen LogP) is 4.55. The first kappa shape index (κ1) is 23.7. The van der Waals surface area contributed by atoms with Crippen molar-refractivity contribution in [2.45, 2.75) is 19.1 Å². The van der Waals surface area contributed by atoms with Crippen LogP contribution in [0, 0.1) is 0 Å². The van der Waals surface area contributed by atoms with Gasteiger partial charge in [0.2, 0.25) is 5.91 Å². The quantitative estimate of drug-likeness (QED) is 0.373. The molecule has 0 saturated heterocycles. The highest BCUT2D eigenvalue weighted by molar-refractivity contribution is 5.89. The van der Waals surface area contributed by atoms with E-state index in [0.717, 1.165) is 16.7 Å². The highest BCUT2D eigenvalue weighted by Crippen LogP contribution is 2.24. The number of ether oxygens (including phenoxy) is 1. The summed E-state index contributed by atoms with van der Waals surface area (Å²) in [6.45, 7) is 0.387. The second-order valence-corrected chi connectivity index (χ2v) is 8.00. The summed E-state index contributed by atoms with van der Waals surface area (Å²) in [6, 6.07) is 31.0. The van der Waals surface area contributed by atoms with Gasteiger partial charge in [0, 0.05) is 25.5 Å². The lowest BCUT2D eigenvalue weighted by Crippen LogP contribution is -2.45. The molecular formula is C29H27N3O3. The number of pyridine rings is 1. The van der Waals surface area contributed by atoms with Crippen LogP contribution in [0.15, 0.2) is 116 Å². The normalized spacial score (nSPS) is 11.3. The molecule has 2 amide bonds. The smallest absolute Gasteiger partial charge is 0.261 e. The summed E-state index contributed by atoms with van der Waals surface area (Å²) in [4.78, 5) is 32.8. The molecule has 6 heteroatoms. The molecule has 1 atom stereocenters. The Morgan fingerprint density at radius 1 is 0.800 bits per heavy atom. The number of amides is 2. The zero-order chi connectivity index (χ0) is 24.3. The third-order valence-corrected chi connectivity index (χ3v) is 5.49. The van der Waals surface area contributed by atoms with Gasteiger partial charge in [-0.1, -0.05) is 84.9 Å². The molecule has 3 aromatic carbocycles. The molecule has 6 nitrogen and oxygen atoms in total. The summed E-state index contributed by atoms with van der Waals surface area (Å²) in [5.74, 6) is 0.0323. The Hall–Kier alpha value is -4.45. The van der Waals surface area contributed by atoms with E-state index >= 15 is 0 Å². The van der Waals surface area contributed by atoms with Gasteiger partial charge in [-0.15, -0.1) is 0 Å². The van der Waals surface area contributed by atoms with Crippen molar-refractivity contribution in [3.8, 4) is 5.75 Å². The monoisotopic (exact) mass is 465 g/mol. The van der Waals surface area contributed by atoms with Crippen LogP contribution in [0.4, 0.5) is 0 Å². The number of hydrogen-bond acceptors (Lipinski definition) is 4. The van der Waals surface area contributed by atoms with E-state index in [2.05, 4.69) is 10.3 Å². The topological polar surface area (TPSA) is 71.5 Å². The Bertz CT molecular complexity index is 1200. The third kappa shape index (κ3) is 6.77. The van der Waals surface area contributed by atoms with Crippen molar-refractivity contribution < 1.29 is 14.3 Å². The fourth-order valence-electron chi connectivity index (χ4n) is 3.75. The van der Waals surface area contributed by atoms with E-state index in [1.54, 1.807) is 29.4 Å². The molecule has 1 N–H and O–H groups in total. The van der Waals surface area contributed by atoms with E-state index in [4.69, 9.17) is 4.74 Å². The van der Waals surface area contributed by atoms with Gasteiger partial charge in [-0.05, 0) is 34.9 Å². The molecule has 4 rings (SSSR count). The average Bonchev–Trinajstić information content (AvgIpc) is 2.92. The second-order valence-electron chi connectivity index (χ2n) is 8.00. The van der Waals surface area contributed by atoms with Gasteiger partial charge in [0.05, 0.1) is 0 Å². The van der Waals surface area contributed by atoms with Crippen LogP contribution in [0.25, 0.3) is 0 Å². The van der Waals surface area contributed by atoms with Crippen molar-refractivity contribution in [2.75, 3.05) is 6.61 Å². The molecule has 0 aliphatic rings. The Morgan fingerprint density at radius 2 is 1.43 bits per heavy atom. The fraction of sp³-hybridized carbons (Fsp3) is 0.138. The van der Waals surface area contributed by atoms with Crippen LogP contribution in [0.3, 0.4) is 0 Å². The van der Waals surface area contributed by atoms with Gasteiger partial charge in [0.15, 0.2) is 6.61 Å². The lowest BCUT2D eigenvalue weighted by atomic mass is 10.0. The van der Waals surface area contributed by atoms with Gasteiger partial charge in [-0.3, -0.25) is 14.6 Å². The molecule has 35 heavy (non-hydrogen) atoms. The molecule has 1 unspecified atom stereocenters. The molecule has 0 aliphatic carbocycles. The maximum absolute atomic E-state index is 13.6. The van der Waals surface area contributed by atoms with E-state index in [0.29, 0.717) is 12.3 Å². The van der Waals surface area contributed by atoms with Crippen LogP contribution in [0.5, 0.6) is 5.75 Å². The van der Waals surface area contributed by atoms with Gasteiger partial charge in [0.1, 0.15) is 11.8 Å². The Morgan fingerprint density at radius 3 is 2.09 bits per heavy atom. The fourth-order valence-corrected chi connectivity index (χ4v) is 3.75. The summed E-state index contributed by atoms with van der Waals surface area (Å²) in [5.41, 5.74) is 2.52. The molecule has 4 aromatic rings. The van der Waals surface area contributed by atoms with Crippen molar-refractivity contribution in [3.05, 3.63) is 132 Å². The molecule has 0 aliphatic heterocycles. The van der Waals surface area contributed by atoms with Gasteiger partial charge < -0.3 is 15.0 Å². The Labute approximate surface area is 205 Å². The lowest BCUT2D eigenvalue weighted by molar-refractivity contribution is -0.143. The molecular weight excluding hydrogens is 438 g/mol. The number of hydrogen-bond donors (Lipinski definition) is 1. The maximum Gasteiger partial charge on any atom is 0.261 e. The summed E-state index contributed by atoms with van der Waals surface area (Å²) >= 11 is 0. The van der Waals surface area contributed by atoms with Crippen LogP contribution in [0.2, 0.25) is 0 Å². The van der Waals surface area contributed by atoms with E-state index in [9.17, 15) is 9.59 Å². The van der Waals surface area contributed by atoms with Crippen LogP contribution in [-0.2, 0) is 22.7 Å². The van der Waals surface area contributed by atoms with Crippen LogP contribution >= 0.6 is 0 Å². The molecule has 0 spiro atoms. The lowest BCUT2D eigenvalue weighted by Gasteiger charge is -2.31. The largest absolute Gasteiger partial charge is 0.484 e. The van der Waals surface area contributed by atoms with Crippen molar-refractivity contribution in [1.29, 1.82) is 0 Å². The average molecular weight is 466 g/mol. The molecule has 176 valence electrons. The number of benzene rings is 3. The predicted molar refractivity (Wildman–Crippen MR) is 134 cm³/mol. The van der Waals surface area contributed by atoms with Crippen molar-refractivity contribution >= 4 is 11.8 Å². The Balaban J connectivity index is 1.61. The molecule has 0 radical (unpaired) electrons. The molecule has 0 bridgehead atoms. The summed E-state index contributed by atoms with van der Waals surface area (Å²) < 4.78 is 5.75. The highest BCUT2D eigenvalue weighted by Gasteiger charge is 2.31. The highest BCUT2D eigenvalue weighted by atomic mass is 16.5. The number of aromatic nitrogens is 1. The zero-order valence-electron chi connectivity index (χ0n) is 19.3. The van der Waals surface area contributed by atoms with Gasteiger partial charge in [-0.25, -0.2) is 0 Å². The maximum atomic E-state index is 13.6. The first-order valence-electron chi connectivity index (χ1n) is 11.4. The number of carbonyl (C=O) groups excluding carboxylic acids is 2. The molecule has 0 fully saturated rings. The van der Waals surface area contributed by atoms with Crippen LogP contribution in [0.1, 0.15) is 22.7 Å². The van der Waals surface area contributed by atoms with Crippen LogP contribution in [-0.4, -0.2) is 28.3 Å². The number of para-hydroxylation sites is 1. The van der Waals surface area contributed by atoms with Crippen molar-refractivity contribution in [1.82, 2.24) is 15.2 Å². The van der Waals surface area contributed by atoms with Crippen LogP contribution < -0.4 is 10.1 Å². The van der Waals surface area contributed by atoms with E-state index in [-0.39, 0.29) is 25.0 Å². The molecule has 1 aromatic heterocycles. The third-order valence-electron chi connectivity index (χ3n) is 5.49. The minimum Gasteiger partial charge on any atom is -0.484 e. The number of rotatable bonds is 10. The first-order chi connectivity index (χ1) is 17.2. The standard InChI is InChI=1S/C29H27N3O3/c33-27(22-35-26-16-8-3-9-17-26)32(21-23-11-4-1-5-12-23)28(25-14-6-2-7-15-25)29(34)31-20-24-13-10-18-30-19-24/h1-19,28H,20-22H2,(H,31,34). The number of carbonyl (C=O) groups is 2. The number of nitrogens with zero attached hydrogens (tertiary/aromatic N) is 2. The van der Waals surface area contributed by atoms with Gasteiger partial charge in [-0.2, -0.15) is 0 Å². The van der Waals surface area contributed by atoms with E-state index in [1.807, 2.05) is 91.0 Å². The summed E-state index contributed by atoms with van der Waals surface area (Å²) in [5, 5.41) is 2.98. The number of nitrogens with one attached hydrogen (secondary N) is 1. The van der Waals surface area contributed by atoms with Gasteiger partial charge >= 0.3 is 0 Å². The second kappa shape index (κ2) is 12.1. The van der Waals surface area contributed by atoms with Crippen molar-refractivity contribution in [2.24, 2.45) is 0 Å². The first-order valence-corrected chi connectivity index (χ1v) is 11.4. The SMILES string of the molecule is O=C(NCc1cccnc1)C(c1ccccc1)N(Cc1ccccc1)C(=O)COc1ccccc1. The molecule has 1 heterocycles. The van der Waals surface area contributed by atoms with Gasteiger partial charge in [0.25, 0.3) is 5.91 Å². The zero-order valence-corrected chi connectivity index (χ0v) is 19.3. The van der Waals surface area contributed by atoms with Crippen molar-refractivity contribution in [3.63, 3.8) is 0 Å². The Kier molecular flexibility index (Phi) is 8.22. The summed E-state index contributed by atoms with van der Waals surface area (Å²) in [7, 11) is 0.